The summed E-state index contributed by atoms with van der Waals surface area (Å²) < 4.78 is 0. The summed E-state index contributed by atoms with van der Waals surface area (Å²) in [7, 11) is 0. The summed E-state index contributed by atoms with van der Waals surface area (Å²) in [5.74, 6) is -0.0690. The van der Waals surface area contributed by atoms with Crippen LogP contribution in [0.2, 0.25) is 0 Å². The minimum Gasteiger partial charge on any atom is -0.326 e. The molecule has 3 aromatic rings. The first-order chi connectivity index (χ1) is 12.7. The Bertz CT molecular complexity index is 866. The summed E-state index contributed by atoms with van der Waals surface area (Å²) >= 11 is 1.33. The molecule has 3 N–H and O–H groups in total. The molecule has 7 heteroatoms. The zero-order valence-corrected chi connectivity index (χ0v) is 14.8. The number of aromatic nitrogens is 1. The van der Waals surface area contributed by atoms with Crippen LogP contribution >= 0.6 is 11.3 Å². The molecule has 0 bridgehead atoms. The van der Waals surface area contributed by atoms with E-state index in [1.54, 1.807) is 12.1 Å². The van der Waals surface area contributed by atoms with Gasteiger partial charge in [-0.05, 0) is 30.7 Å². The monoisotopic (exact) mass is 366 g/mol. The van der Waals surface area contributed by atoms with Crippen LogP contribution in [0.5, 0.6) is 0 Å². The normalized spacial score (nSPS) is 10.2. The van der Waals surface area contributed by atoms with E-state index in [0.717, 1.165) is 11.4 Å². The molecule has 0 saturated carbocycles. The number of rotatable bonds is 6. The highest BCUT2D eigenvalue weighted by Gasteiger charge is 2.09. The third kappa shape index (κ3) is 5.42. The van der Waals surface area contributed by atoms with Gasteiger partial charge in [-0.15, -0.1) is 11.3 Å². The zero-order valence-electron chi connectivity index (χ0n) is 13.9. The van der Waals surface area contributed by atoms with Crippen molar-refractivity contribution >= 4 is 39.8 Å². The van der Waals surface area contributed by atoms with Crippen molar-refractivity contribution in [2.75, 3.05) is 16.0 Å². The highest BCUT2D eigenvalue weighted by atomic mass is 32.1. The van der Waals surface area contributed by atoms with Crippen LogP contribution in [0, 0.1) is 0 Å². The predicted molar refractivity (Wildman–Crippen MR) is 105 cm³/mol. The Morgan fingerprint density at radius 1 is 0.846 bits per heavy atom. The van der Waals surface area contributed by atoms with Gasteiger partial charge in [-0.1, -0.05) is 36.4 Å². The minimum absolute atomic E-state index is 0.0690. The zero-order chi connectivity index (χ0) is 18.2. The number of carbonyl (C=O) groups excluding carboxylic acids is 2. The van der Waals surface area contributed by atoms with Gasteiger partial charge in [-0.2, -0.15) is 0 Å². The molecule has 0 aliphatic carbocycles. The van der Waals surface area contributed by atoms with E-state index in [-0.39, 0.29) is 11.9 Å². The second kappa shape index (κ2) is 8.77. The average Bonchev–Trinajstić information content (AvgIpc) is 3.09. The largest absolute Gasteiger partial charge is 0.326 e. The van der Waals surface area contributed by atoms with Gasteiger partial charge in [0.1, 0.15) is 0 Å². The second-order valence-electron chi connectivity index (χ2n) is 5.50. The van der Waals surface area contributed by atoms with E-state index in [0.29, 0.717) is 23.7 Å². The molecule has 0 unspecified atom stereocenters. The van der Waals surface area contributed by atoms with Gasteiger partial charge in [0, 0.05) is 23.2 Å². The Kier molecular flexibility index (Phi) is 5.95. The first-order valence-corrected chi connectivity index (χ1v) is 8.99. The lowest BCUT2D eigenvalue weighted by Gasteiger charge is -2.05. The number of amides is 3. The number of thiazole rings is 1. The van der Waals surface area contributed by atoms with Crippen LogP contribution in [0.3, 0.4) is 0 Å². The lowest BCUT2D eigenvalue weighted by molar-refractivity contribution is -0.116. The topological polar surface area (TPSA) is 83.1 Å². The maximum atomic E-state index is 12.0. The average molecular weight is 366 g/mol. The molecule has 2 aromatic carbocycles. The van der Waals surface area contributed by atoms with Gasteiger partial charge in [-0.3, -0.25) is 10.1 Å². The highest BCUT2D eigenvalue weighted by Crippen LogP contribution is 2.17. The van der Waals surface area contributed by atoms with Crippen molar-refractivity contribution < 1.29 is 9.59 Å². The molecule has 0 aliphatic heterocycles. The van der Waals surface area contributed by atoms with E-state index in [1.807, 2.05) is 53.9 Å². The maximum absolute atomic E-state index is 12.0. The highest BCUT2D eigenvalue weighted by molar-refractivity contribution is 7.13. The van der Waals surface area contributed by atoms with Gasteiger partial charge in [0.25, 0.3) is 0 Å². The van der Waals surface area contributed by atoms with Crippen LogP contribution in [0.1, 0.15) is 12.1 Å². The van der Waals surface area contributed by atoms with Gasteiger partial charge >= 0.3 is 6.03 Å². The molecule has 132 valence electrons. The second-order valence-corrected chi connectivity index (χ2v) is 6.36. The maximum Gasteiger partial charge on any atom is 0.325 e. The van der Waals surface area contributed by atoms with Crippen LogP contribution in [-0.4, -0.2) is 16.9 Å². The van der Waals surface area contributed by atoms with Crippen molar-refractivity contribution in [1.82, 2.24) is 4.98 Å². The molecular formula is C19H18N4O2S. The number of nitrogens with zero attached hydrogens (tertiary/aromatic N) is 1. The fourth-order valence-electron chi connectivity index (χ4n) is 2.25. The number of para-hydroxylation sites is 2. The standard InChI is InChI=1S/C19H18N4O2S/c24-17(20-14-7-3-1-4-8-14)12-11-16-13-26-19(22-16)23-18(25)21-15-9-5-2-6-10-15/h1-10,13H,11-12H2,(H,20,24)(H2,21,22,23,25). The number of hydrogen-bond donors (Lipinski definition) is 3. The summed E-state index contributed by atoms with van der Waals surface area (Å²) in [6.45, 7) is 0. The Hall–Kier alpha value is -3.19. The molecule has 0 fully saturated rings. The van der Waals surface area contributed by atoms with Crippen LogP contribution in [0.25, 0.3) is 0 Å². The van der Waals surface area contributed by atoms with Crippen molar-refractivity contribution in [1.29, 1.82) is 0 Å². The Morgan fingerprint density at radius 2 is 1.46 bits per heavy atom. The van der Waals surface area contributed by atoms with Crippen molar-refractivity contribution in [3.05, 3.63) is 71.7 Å². The van der Waals surface area contributed by atoms with E-state index in [4.69, 9.17) is 0 Å². The molecule has 26 heavy (non-hydrogen) atoms. The Labute approximate surface area is 155 Å². The fourth-order valence-corrected chi connectivity index (χ4v) is 2.99. The lowest BCUT2D eigenvalue weighted by atomic mass is 10.2. The molecule has 3 amide bonds. The number of urea groups is 1. The van der Waals surface area contributed by atoms with Gasteiger partial charge in [0.15, 0.2) is 5.13 Å². The number of carbonyl (C=O) groups is 2. The molecule has 1 heterocycles. The van der Waals surface area contributed by atoms with E-state index >= 15 is 0 Å². The molecule has 0 spiro atoms. The van der Waals surface area contributed by atoms with E-state index in [1.165, 1.54) is 11.3 Å². The Morgan fingerprint density at radius 3 is 2.12 bits per heavy atom. The Balaban J connectivity index is 1.45. The van der Waals surface area contributed by atoms with E-state index < -0.39 is 0 Å². The summed E-state index contributed by atoms with van der Waals surface area (Å²) in [6, 6.07) is 18.1. The van der Waals surface area contributed by atoms with Gasteiger partial charge in [0.2, 0.25) is 5.91 Å². The first kappa shape index (κ1) is 17.6. The van der Waals surface area contributed by atoms with Crippen LogP contribution < -0.4 is 16.0 Å². The minimum atomic E-state index is -0.348. The molecule has 0 saturated heterocycles. The third-order valence-electron chi connectivity index (χ3n) is 3.47. The van der Waals surface area contributed by atoms with Gasteiger partial charge in [-0.25, -0.2) is 9.78 Å². The quantitative estimate of drug-likeness (QED) is 0.606. The third-order valence-corrected chi connectivity index (χ3v) is 4.28. The van der Waals surface area contributed by atoms with Crippen LogP contribution in [0.4, 0.5) is 21.3 Å². The smallest absolute Gasteiger partial charge is 0.325 e. The van der Waals surface area contributed by atoms with Crippen molar-refractivity contribution in [2.24, 2.45) is 0 Å². The summed E-state index contributed by atoms with van der Waals surface area (Å²) in [5, 5.41) is 10.6. The van der Waals surface area contributed by atoms with Crippen LogP contribution in [0.15, 0.2) is 66.0 Å². The number of hydrogen-bond acceptors (Lipinski definition) is 4. The summed E-state index contributed by atoms with van der Waals surface area (Å²) in [4.78, 5) is 28.2. The van der Waals surface area contributed by atoms with Crippen molar-refractivity contribution in [3.63, 3.8) is 0 Å². The van der Waals surface area contributed by atoms with E-state index in [2.05, 4.69) is 20.9 Å². The van der Waals surface area contributed by atoms with Crippen molar-refractivity contribution in [2.45, 2.75) is 12.8 Å². The number of nitrogens with one attached hydrogen (secondary N) is 3. The number of benzene rings is 2. The van der Waals surface area contributed by atoms with Crippen molar-refractivity contribution in [3.8, 4) is 0 Å². The molecule has 6 nitrogen and oxygen atoms in total. The molecule has 0 aliphatic rings. The summed E-state index contributed by atoms with van der Waals surface area (Å²) in [6.07, 6.45) is 0.839. The fraction of sp³-hybridized carbons (Fsp3) is 0.105. The number of aryl methyl sites for hydroxylation is 1. The van der Waals surface area contributed by atoms with Crippen LogP contribution in [-0.2, 0) is 11.2 Å². The molecular weight excluding hydrogens is 348 g/mol. The lowest BCUT2D eigenvalue weighted by Crippen LogP contribution is -2.19. The SMILES string of the molecule is O=C(CCc1csc(NC(=O)Nc2ccccc2)n1)Nc1ccccc1. The molecule has 0 atom stereocenters. The number of anilines is 3. The molecule has 3 rings (SSSR count). The molecule has 1 aromatic heterocycles. The first-order valence-electron chi connectivity index (χ1n) is 8.11. The van der Waals surface area contributed by atoms with Gasteiger partial charge in [0.05, 0.1) is 5.69 Å². The predicted octanol–water partition coefficient (Wildman–Crippen LogP) is 4.36. The van der Waals surface area contributed by atoms with E-state index in [9.17, 15) is 9.59 Å². The molecule has 0 radical (unpaired) electrons. The summed E-state index contributed by atoms with van der Waals surface area (Å²) in [5.41, 5.74) is 2.25. The van der Waals surface area contributed by atoms with Gasteiger partial charge < -0.3 is 10.6 Å².